The van der Waals surface area contributed by atoms with Crippen molar-refractivity contribution in [1.82, 2.24) is 0 Å². The normalized spacial score (nSPS) is 11.4. The first-order valence-corrected chi connectivity index (χ1v) is 7.04. The minimum atomic E-state index is -3.27. The van der Waals surface area contributed by atoms with Gasteiger partial charge in [-0.2, -0.15) is 0 Å². The van der Waals surface area contributed by atoms with Crippen LogP contribution in [0.5, 0.6) is 0 Å². The minimum Gasteiger partial charge on any atom is -0.398 e. The number of halogens is 1. The first-order chi connectivity index (χ1) is 8.38. The monoisotopic (exact) mass is 264 g/mol. The summed E-state index contributed by atoms with van der Waals surface area (Å²) in [7, 11) is -3.27. The average molecular weight is 264 g/mol. The zero-order valence-electron chi connectivity index (χ0n) is 9.64. The van der Waals surface area contributed by atoms with E-state index in [1.807, 2.05) is 0 Å². The lowest BCUT2D eigenvalue weighted by molar-refractivity contribution is 0.601. The first kappa shape index (κ1) is 12.6. The van der Waals surface area contributed by atoms with Gasteiger partial charge in [-0.1, -0.05) is 6.07 Å². The Bertz CT molecular complexity index is 679. The fourth-order valence-corrected chi connectivity index (χ4v) is 2.19. The third-order valence-corrected chi connectivity index (χ3v) is 3.56. The summed E-state index contributed by atoms with van der Waals surface area (Å²) in [6.45, 7) is 0. The Morgan fingerprint density at radius 2 is 1.94 bits per heavy atom. The van der Waals surface area contributed by atoms with Gasteiger partial charge in [0.1, 0.15) is 5.82 Å². The van der Waals surface area contributed by atoms with Crippen LogP contribution >= 0.6 is 0 Å². The second kappa shape index (κ2) is 4.42. The van der Waals surface area contributed by atoms with Crippen LogP contribution in [0.25, 0.3) is 11.1 Å². The molecular formula is C13H11FNO2S. The van der Waals surface area contributed by atoms with Crippen molar-refractivity contribution in [1.29, 1.82) is 0 Å². The molecule has 0 saturated heterocycles. The van der Waals surface area contributed by atoms with E-state index in [1.54, 1.807) is 12.1 Å². The van der Waals surface area contributed by atoms with Crippen molar-refractivity contribution in [3.63, 3.8) is 0 Å². The van der Waals surface area contributed by atoms with Gasteiger partial charge in [-0.15, -0.1) is 0 Å². The van der Waals surface area contributed by atoms with Crippen molar-refractivity contribution in [2.24, 2.45) is 0 Å². The quantitative estimate of drug-likeness (QED) is 0.846. The second-order valence-electron chi connectivity index (χ2n) is 3.95. The molecule has 2 aromatic rings. The van der Waals surface area contributed by atoms with Crippen LogP contribution in [0.4, 0.5) is 10.1 Å². The van der Waals surface area contributed by atoms with E-state index in [2.05, 4.69) is 6.07 Å². The number of anilines is 1. The predicted octanol–water partition coefficient (Wildman–Crippen LogP) is 2.28. The fraction of sp³-hybridized carbons (Fsp3) is 0.0769. The third-order valence-electron chi connectivity index (χ3n) is 2.51. The SMILES string of the molecule is CS(=O)(=O)c1[c]cc(-c2ccc(F)cc2N)cc1. The molecule has 0 bridgehead atoms. The van der Waals surface area contributed by atoms with E-state index in [0.717, 1.165) is 6.26 Å². The molecule has 1 radical (unpaired) electrons. The molecule has 0 spiro atoms. The molecule has 5 heteroatoms. The summed E-state index contributed by atoms with van der Waals surface area (Å²) in [5.41, 5.74) is 7.35. The lowest BCUT2D eigenvalue weighted by atomic mass is 10.0. The Morgan fingerprint density at radius 1 is 1.22 bits per heavy atom. The lowest BCUT2D eigenvalue weighted by Gasteiger charge is -2.06. The predicted molar refractivity (Wildman–Crippen MR) is 68.2 cm³/mol. The number of hydrogen-bond donors (Lipinski definition) is 1. The molecule has 0 amide bonds. The van der Waals surface area contributed by atoms with E-state index in [9.17, 15) is 12.8 Å². The molecule has 0 unspecified atom stereocenters. The van der Waals surface area contributed by atoms with Gasteiger partial charge < -0.3 is 5.73 Å². The molecule has 0 aliphatic rings. The molecule has 0 saturated carbocycles. The van der Waals surface area contributed by atoms with Crippen molar-refractivity contribution in [3.8, 4) is 11.1 Å². The van der Waals surface area contributed by atoms with Crippen LogP contribution in [0.1, 0.15) is 0 Å². The molecule has 0 heterocycles. The maximum absolute atomic E-state index is 12.9. The smallest absolute Gasteiger partial charge is 0.176 e. The van der Waals surface area contributed by atoms with E-state index < -0.39 is 15.7 Å². The molecule has 0 aliphatic heterocycles. The standard InChI is InChI=1S/C13H11FNO2S/c1-18(16,17)11-5-2-9(3-6-11)12-7-4-10(14)8-13(12)15/h2-5,7-8H,15H2,1H3. The zero-order chi connectivity index (χ0) is 13.3. The highest BCUT2D eigenvalue weighted by Crippen LogP contribution is 2.27. The highest BCUT2D eigenvalue weighted by atomic mass is 32.2. The molecule has 0 fully saturated rings. The van der Waals surface area contributed by atoms with Gasteiger partial charge in [0.15, 0.2) is 9.84 Å². The summed E-state index contributed by atoms with van der Waals surface area (Å²) in [4.78, 5) is 0.118. The van der Waals surface area contributed by atoms with Gasteiger partial charge in [0, 0.05) is 23.6 Å². The van der Waals surface area contributed by atoms with Crippen molar-refractivity contribution < 1.29 is 12.8 Å². The van der Waals surface area contributed by atoms with E-state index in [1.165, 1.54) is 24.3 Å². The van der Waals surface area contributed by atoms with Crippen LogP contribution in [-0.2, 0) is 9.84 Å². The van der Waals surface area contributed by atoms with Crippen LogP contribution in [0.3, 0.4) is 0 Å². The van der Waals surface area contributed by atoms with Gasteiger partial charge in [0.25, 0.3) is 0 Å². The molecule has 93 valence electrons. The summed E-state index contributed by atoms with van der Waals surface area (Å²) in [6, 6.07) is 11.4. The van der Waals surface area contributed by atoms with Crippen LogP contribution in [0.15, 0.2) is 41.3 Å². The molecule has 0 aromatic heterocycles. The number of rotatable bonds is 2. The lowest BCUT2D eigenvalue weighted by Crippen LogP contribution is -1.97. The van der Waals surface area contributed by atoms with Crippen LogP contribution in [0.2, 0.25) is 0 Å². The number of sulfone groups is 1. The van der Waals surface area contributed by atoms with Crippen molar-refractivity contribution in [3.05, 3.63) is 48.3 Å². The largest absolute Gasteiger partial charge is 0.398 e. The van der Waals surface area contributed by atoms with Gasteiger partial charge in [-0.05, 0) is 35.9 Å². The summed E-state index contributed by atoms with van der Waals surface area (Å²) >= 11 is 0. The van der Waals surface area contributed by atoms with Crippen molar-refractivity contribution in [2.45, 2.75) is 4.90 Å². The summed E-state index contributed by atoms with van der Waals surface area (Å²) in [5, 5.41) is 0. The minimum absolute atomic E-state index is 0.118. The topological polar surface area (TPSA) is 60.2 Å². The molecule has 2 aromatic carbocycles. The highest BCUT2D eigenvalue weighted by molar-refractivity contribution is 7.90. The Hall–Kier alpha value is -1.88. The Kier molecular flexibility index (Phi) is 3.09. The van der Waals surface area contributed by atoms with E-state index in [-0.39, 0.29) is 4.90 Å². The highest BCUT2D eigenvalue weighted by Gasteiger charge is 2.09. The Morgan fingerprint density at radius 3 is 2.44 bits per heavy atom. The molecular weight excluding hydrogens is 253 g/mol. The number of hydrogen-bond acceptors (Lipinski definition) is 3. The van der Waals surface area contributed by atoms with E-state index in [0.29, 0.717) is 16.8 Å². The Labute approximate surface area is 105 Å². The maximum Gasteiger partial charge on any atom is 0.176 e. The molecule has 2 rings (SSSR count). The van der Waals surface area contributed by atoms with Gasteiger partial charge in [0.05, 0.1) is 4.90 Å². The molecule has 3 nitrogen and oxygen atoms in total. The second-order valence-corrected chi connectivity index (χ2v) is 5.93. The zero-order valence-corrected chi connectivity index (χ0v) is 10.5. The molecule has 0 aliphatic carbocycles. The van der Waals surface area contributed by atoms with E-state index >= 15 is 0 Å². The molecule has 0 atom stereocenters. The number of nitrogen functional groups attached to an aromatic ring is 1. The summed E-state index contributed by atoms with van der Waals surface area (Å²) in [6.07, 6.45) is 1.12. The fourth-order valence-electron chi connectivity index (χ4n) is 1.61. The van der Waals surface area contributed by atoms with Gasteiger partial charge >= 0.3 is 0 Å². The molecule has 18 heavy (non-hydrogen) atoms. The molecule has 2 N–H and O–H groups in total. The van der Waals surface area contributed by atoms with Crippen LogP contribution < -0.4 is 5.73 Å². The van der Waals surface area contributed by atoms with Crippen LogP contribution in [-0.4, -0.2) is 14.7 Å². The maximum atomic E-state index is 12.9. The average Bonchev–Trinajstić information content (AvgIpc) is 2.28. The van der Waals surface area contributed by atoms with Gasteiger partial charge in [-0.3, -0.25) is 0 Å². The first-order valence-electron chi connectivity index (χ1n) is 5.15. The number of nitrogens with two attached hydrogens (primary N) is 1. The van der Waals surface area contributed by atoms with Crippen LogP contribution in [0, 0.1) is 11.9 Å². The Balaban J connectivity index is 2.47. The number of benzene rings is 2. The van der Waals surface area contributed by atoms with Crippen molar-refractivity contribution >= 4 is 15.5 Å². The third kappa shape index (κ3) is 2.51. The van der Waals surface area contributed by atoms with Gasteiger partial charge in [-0.25, -0.2) is 12.8 Å². The summed E-state index contributed by atoms with van der Waals surface area (Å²) in [5.74, 6) is -0.409. The van der Waals surface area contributed by atoms with Gasteiger partial charge in [0.2, 0.25) is 0 Å². The summed E-state index contributed by atoms with van der Waals surface area (Å²) < 4.78 is 35.5. The van der Waals surface area contributed by atoms with E-state index in [4.69, 9.17) is 5.73 Å². The van der Waals surface area contributed by atoms with Crippen molar-refractivity contribution in [2.75, 3.05) is 12.0 Å².